The summed E-state index contributed by atoms with van der Waals surface area (Å²) in [5.74, 6) is 1.43. The number of aromatic nitrogens is 4. The Hall–Kier alpha value is -3.52. The fourth-order valence-electron chi connectivity index (χ4n) is 4.05. The molecule has 4 aromatic rings. The van der Waals surface area contributed by atoms with Gasteiger partial charge in [0.25, 0.3) is 0 Å². The van der Waals surface area contributed by atoms with E-state index < -0.39 is 0 Å². The van der Waals surface area contributed by atoms with Crippen molar-refractivity contribution in [3.8, 4) is 11.3 Å². The van der Waals surface area contributed by atoms with Crippen molar-refractivity contribution in [2.24, 2.45) is 0 Å². The second kappa shape index (κ2) is 7.63. The Morgan fingerprint density at radius 3 is 2.81 bits per heavy atom. The Morgan fingerprint density at radius 1 is 1.10 bits per heavy atom. The summed E-state index contributed by atoms with van der Waals surface area (Å²) in [6.07, 6.45) is 2.65. The summed E-state index contributed by atoms with van der Waals surface area (Å²) in [5, 5.41) is 9.54. The Balaban J connectivity index is 1.49. The van der Waals surface area contributed by atoms with E-state index in [1.165, 1.54) is 11.8 Å². The van der Waals surface area contributed by atoms with Gasteiger partial charge in [-0.25, -0.2) is 14.4 Å². The highest BCUT2D eigenvalue weighted by atomic mass is 19.1. The van der Waals surface area contributed by atoms with E-state index >= 15 is 0 Å². The van der Waals surface area contributed by atoms with Crippen molar-refractivity contribution in [1.29, 1.82) is 0 Å². The largest absolute Gasteiger partial charge is 0.383 e. The lowest BCUT2D eigenvalue weighted by Gasteiger charge is -2.11. The molecule has 0 bridgehead atoms. The minimum absolute atomic E-state index is 0.316. The molecule has 0 fully saturated rings. The first-order chi connectivity index (χ1) is 15.0. The summed E-state index contributed by atoms with van der Waals surface area (Å²) in [4.78, 5) is 11.2. The predicted octanol–water partition coefficient (Wildman–Crippen LogP) is 3.75. The van der Waals surface area contributed by atoms with Gasteiger partial charge in [-0.2, -0.15) is 5.10 Å². The lowest BCUT2D eigenvalue weighted by atomic mass is 10.0. The number of hydrogen-bond donors (Lipinski definition) is 2. The Morgan fingerprint density at radius 2 is 1.97 bits per heavy atom. The van der Waals surface area contributed by atoms with Crippen LogP contribution in [0.25, 0.3) is 22.0 Å². The molecule has 5 rings (SSSR count). The second-order valence-electron chi connectivity index (χ2n) is 8.04. The van der Waals surface area contributed by atoms with Gasteiger partial charge in [-0.1, -0.05) is 12.1 Å². The van der Waals surface area contributed by atoms with Crippen LogP contribution in [0.5, 0.6) is 0 Å². The van der Waals surface area contributed by atoms with Crippen molar-refractivity contribution < 1.29 is 4.39 Å². The number of nitrogens with zero attached hydrogens (tertiary/aromatic N) is 5. The molecule has 0 saturated carbocycles. The molecular formula is C23H24FN7. The van der Waals surface area contributed by atoms with Crippen molar-refractivity contribution >= 4 is 28.2 Å². The zero-order valence-corrected chi connectivity index (χ0v) is 17.6. The molecular weight excluding hydrogens is 393 g/mol. The molecule has 0 atom stereocenters. The minimum atomic E-state index is -0.316. The molecule has 1 aliphatic heterocycles. The highest BCUT2D eigenvalue weighted by Crippen LogP contribution is 2.31. The van der Waals surface area contributed by atoms with Crippen molar-refractivity contribution in [2.45, 2.75) is 19.9 Å². The maximum atomic E-state index is 14.5. The first-order valence-electron chi connectivity index (χ1n) is 10.3. The van der Waals surface area contributed by atoms with Gasteiger partial charge in [-0.05, 0) is 43.1 Å². The van der Waals surface area contributed by atoms with Gasteiger partial charge >= 0.3 is 0 Å². The van der Waals surface area contributed by atoms with E-state index in [4.69, 9.17) is 5.73 Å². The third-order valence-corrected chi connectivity index (χ3v) is 5.79. The van der Waals surface area contributed by atoms with Crippen LogP contribution < -0.4 is 11.1 Å². The molecule has 0 saturated heterocycles. The molecule has 0 unspecified atom stereocenters. The third-order valence-electron chi connectivity index (χ3n) is 5.79. The van der Waals surface area contributed by atoms with Crippen molar-refractivity contribution in [2.75, 3.05) is 31.2 Å². The molecule has 0 aliphatic carbocycles. The molecule has 1 aromatic carbocycles. The van der Waals surface area contributed by atoms with Crippen molar-refractivity contribution in [1.82, 2.24) is 24.6 Å². The number of fused-ring (bicyclic) bond motifs is 2. The Bertz CT molecular complexity index is 1230. The average Bonchev–Trinajstić information content (AvgIpc) is 3.03. The fourth-order valence-corrected chi connectivity index (χ4v) is 4.05. The van der Waals surface area contributed by atoms with Crippen LogP contribution in [0.15, 0.2) is 42.6 Å². The van der Waals surface area contributed by atoms with Gasteiger partial charge in [0, 0.05) is 48.4 Å². The van der Waals surface area contributed by atoms with Gasteiger partial charge in [0.1, 0.15) is 17.5 Å². The quantitative estimate of drug-likeness (QED) is 0.528. The summed E-state index contributed by atoms with van der Waals surface area (Å²) in [6.45, 7) is 4.73. The Labute approximate surface area is 179 Å². The molecule has 8 heteroatoms. The van der Waals surface area contributed by atoms with Crippen LogP contribution in [0.4, 0.5) is 21.8 Å². The van der Waals surface area contributed by atoms with Crippen LogP contribution in [-0.4, -0.2) is 44.8 Å². The molecule has 158 valence electrons. The molecule has 0 amide bonds. The number of anilines is 3. The number of nitrogens with two attached hydrogens (primary N) is 1. The first-order valence-corrected chi connectivity index (χ1v) is 10.3. The molecule has 1 aliphatic rings. The number of nitrogen functional groups attached to an aromatic ring is 1. The molecule has 31 heavy (non-hydrogen) atoms. The van der Waals surface area contributed by atoms with Gasteiger partial charge in [0.05, 0.1) is 12.2 Å². The van der Waals surface area contributed by atoms with Crippen molar-refractivity contribution in [3.05, 3.63) is 59.7 Å². The summed E-state index contributed by atoms with van der Waals surface area (Å²) < 4.78 is 16.5. The van der Waals surface area contributed by atoms with Crippen LogP contribution in [0.1, 0.15) is 11.3 Å². The summed E-state index contributed by atoms with van der Waals surface area (Å²) in [5.41, 5.74) is 9.16. The van der Waals surface area contributed by atoms with Gasteiger partial charge in [0.15, 0.2) is 5.82 Å². The number of aryl methyl sites for hydroxylation is 1. The van der Waals surface area contributed by atoms with Gasteiger partial charge in [0.2, 0.25) is 0 Å². The number of likely N-dealkylation sites (N-methyl/N-ethyl adjacent to an activating group) is 1. The average molecular weight is 417 g/mol. The van der Waals surface area contributed by atoms with E-state index in [2.05, 4.69) is 38.4 Å². The van der Waals surface area contributed by atoms with Gasteiger partial charge in [-0.15, -0.1) is 0 Å². The van der Waals surface area contributed by atoms with Crippen LogP contribution in [0.2, 0.25) is 0 Å². The lowest BCUT2D eigenvalue weighted by molar-refractivity contribution is 0.337. The Kier molecular flexibility index (Phi) is 4.78. The van der Waals surface area contributed by atoms with Crippen LogP contribution in [-0.2, 0) is 13.0 Å². The minimum Gasteiger partial charge on any atom is -0.383 e. The van der Waals surface area contributed by atoms with E-state index in [0.717, 1.165) is 48.2 Å². The normalized spacial score (nSPS) is 14.4. The number of rotatable bonds is 3. The van der Waals surface area contributed by atoms with Crippen LogP contribution >= 0.6 is 0 Å². The smallest absolute Gasteiger partial charge is 0.153 e. The van der Waals surface area contributed by atoms with Gasteiger partial charge in [-0.3, -0.25) is 4.68 Å². The van der Waals surface area contributed by atoms with Crippen molar-refractivity contribution in [3.63, 3.8) is 0 Å². The van der Waals surface area contributed by atoms with E-state index in [1.54, 1.807) is 12.3 Å². The predicted molar refractivity (Wildman–Crippen MR) is 121 cm³/mol. The number of halogens is 1. The van der Waals surface area contributed by atoms with E-state index in [9.17, 15) is 4.39 Å². The highest BCUT2D eigenvalue weighted by Gasteiger charge is 2.15. The topological polar surface area (TPSA) is 84.9 Å². The maximum Gasteiger partial charge on any atom is 0.153 e. The van der Waals surface area contributed by atoms with E-state index in [1.807, 2.05) is 29.8 Å². The number of benzene rings is 1. The molecule has 3 N–H and O–H groups in total. The zero-order chi connectivity index (χ0) is 21.5. The third kappa shape index (κ3) is 3.70. The molecule has 4 heterocycles. The summed E-state index contributed by atoms with van der Waals surface area (Å²) in [6, 6.07) is 10.8. The monoisotopic (exact) mass is 417 g/mol. The highest BCUT2D eigenvalue weighted by molar-refractivity contribution is 5.94. The van der Waals surface area contributed by atoms with Gasteiger partial charge < -0.3 is 16.0 Å². The lowest BCUT2D eigenvalue weighted by Crippen LogP contribution is -2.21. The van der Waals surface area contributed by atoms with E-state index in [-0.39, 0.29) is 5.82 Å². The SMILES string of the molecule is Cc1cccc(F)c1-c1cc2cc(Nc3cc4n(n3)CCN(C)CC4)ncc2c(N)n1. The molecule has 3 aromatic heterocycles. The second-order valence-corrected chi connectivity index (χ2v) is 8.04. The maximum absolute atomic E-state index is 14.5. The molecule has 0 spiro atoms. The number of pyridine rings is 2. The van der Waals surface area contributed by atoms with E-state index in [0.29, 0.717) is 22.9 Å². The number of hydrogen-bond acceptors (Lipinski definition) is 6. The molecule has 0 radical (unpaired) electrons. The van der Waals surface area contributed by atoms with Crippen LogP contribution in [0.3, 0.4) is 0 Å². The summed E-state index contributed by atoms with van der Waals surface area (Å²) in [7, 11) is 2.13. The zero-order valence-electron chi connectivity index (χ0n) is 17.6. The fraction of sp³-hybridized carbons (Fsp3) is 0.261. The summed E-state index contributed by atoms with van der Waals surface area (Å²) >= 11 is 0. The number of nitrogens with one attached hydrogen (secondary N) is 1. The first kappa shape index (κ1) is 19.4. The molecule has 7 nitrogen and oxygen atoms in total. The standard InChI is InChI=1S/C23H24FN7/c1-14-4-3-5-18(24)22(14)19-10-15-11-20(26-13-17(15)23(25)27-19)28-21-12-16-6-7-30(2)8-9-31(16)29-21/h3-5,10-13H,6-9H2,1-2H3,(H2,25,27)(H,26,28,29). The van der Waals surface area contributed by atoms with Crippen LogP contribution in [0, 0.1) is 12.7 Å².